The lowest BCUT2D eigenvalue weighted by molar-refractivity contribution is -0.131. The molecular formula is C38H54ClFN2O5. The fourth-order valence-corrected chi connectivity index (χ4v) is 4.30. The number of Topliss-reactive ketones (excluding diaryl/α,β-unsaturated/α-hetero) is 2. The summed E-state index contributed by atoms with van der Waals surface area (Å²) in [6.45, 7) is 22.4. The number of ether oxygens (including phenoxy) is 1. The highest BCUT2D eigenvalue weighted by atomic mass is 35.5. The van der Waals surface area contributed by atoms with Gasteiger partial charge in [-0.3, -0.25) is 9.59 Å². The summed E-state index contributed by atoms with van der Waals surface area (Å²) in [6.07, 6.45) is 6.17. The number of allylic oxidation sites excluding steroid dienone is 1. The standard InChI is InChI=1S/C17H23ClFNO2.C13H16.C8H15NO3/c1-4-17(3,10-6-7-12(2)21)16(22)20-11-13-8-5-9-14(19)15(13)18;1-5-12-7-6-11(4)9-13(12)8-10(2)3;1-6(10)5-9-7(11)12-8(2,3)4/h5,8-9H,4,6-7,10-11H2,1-3H3,(H,20,22);5-9H,2H2,1,3-4H3;5H2,1-4H3,(H,9,11)/b;12-5-,13-8-;. The molecule has 1 atom stereocenters. The maximum atomic E-state index is 13.4. The molecule has 0 aromatic heterocycles. The molecule has 2 N–H and O–H groups in total. The van der Waals surface area contributed by atoms with Crippen LogP contribution < -0.4 is 21.1 Å². The lowest BCUT2D eigenvalue weighted by Gasteiger charge is -2.27. The van der Waals surface area contributed by atoms with Crippen molar-refractivity contribution >= 4 is 47.3 Å². The highest BCUT2D eigenvalue weighted by Crippen LogP contribution is 2.29. The molecule has 7 nitrogen and oxygen atoms in total. The molecule has 9 heteroatoms. The average Bonchev–Trinajstić information content (AvgIpc) is 2.96. The molecule has 0 bridgehead atoms. The summed E-state index contributed by atoms with van der Waals surface area (Å²) in [5.41, 5.74) is 1.89. The zero-order chi connectivity index (χ0) is 36.4. The number of hydrogen-bond acceptors (Lipinski definition) is 5. The summed E-state index contributed by atoms with van der Waals surface area (Å²) in [5.74, 6) is -0.557. The van der Waals surface area contributed by atoms with Gasteiger partial charge < -0.3 is 20.2 Å². The van der Waals surface area contributed by atoms with E-state index in [2.05, 4.69) is 61.4 Å². The third-order valence-electron chi connectivity index (χ3n) is 6.89. The van der Waals surface area contributed by atoms with Gasteiger partial charge in [-0.05, 0) is 96.7 Å². The first kappa shape index (κ1) is 43.2. The highest BCUT2D eigenvalue weighted by Gasteiger charge is 2.30. The molecular weight excluding hydrogens is 619 g/mol. The van der Waals surface area contributed by atoms with Crippen molar-refractivity contribution in [1.29, 1.82) is 0 Å². The highest BCUT2D eigenvalue weighted by molar-refractivity contribution is 6.31. The molecule has 0 aliphatic carbocycles. The lowest BCUT2D eigenvalue weighted by atomic mass is 9.81. The summed E-state index contributed by atoms with van der Waals surface area (Å²) in [6, 6.07) is 11.0. The van der Waals surface area contributed by atoms with Crippen LogP contribution in [0.15, 0.2) is 48.6 Å². The van der Waals surface area contributed by atoms with Crippen LogP contribution in [0, 0.1) is 18.2 Å². The van der Waals surface area contributed by atoms with Crippen LogP contribution in [0.3, 0.4) is 0 Å². The van der Waals surface area contributed by atoms with Gasteiger partial charge in [-0.1, -0.05) is 85.6 Å². The minimum atomic E-state index is -0.558. The minimum absolute atomic E-state index is 0.0227. The number of alkyl carbamates (subject to hydrolysis) is 1. The van der Waals surface area contributed by atoms with E-state index in [4.69, 9.17) is 16.3 Å². The van der Waals surface area contributed by atoms with Gasteiger partial charge in [0.05, 0.1) is 11.6 Å². The van der Waals surface area contributed by atoms with Crippen LogP contribution in [0.25, 0.3) is 12.2 Å². The van der Waals surface area contributed by atoms with Gasteiger partial charge in [-0.25, -0.2) is 9.18 Å². The van der Waals surface area contributed by atoms with E-state index in [9.17, 15) is 23.6 Å². The Morgan fingerprint density at radius 3 is 2.13 bits per heavy atom. The van der Waals surface area contributed by atoms with Crippen molar-refractivity contribution in [2.75, 3.05) is 6.54 Å². The largest absolute Gasteiger partial charge is 0.444 e. The molecule has 0 saturated heterocycles. The molecule has 2 aromatic carbocycles. The Hall–Kier alpha value is -3.78. The molecule has 0 saturated carbocycles. The van der Waals surface area contributed by atoms with Crippen LogP contribution in [0.5, 0.6) is 0 Å². The van der Waals surface area contributed by atoms with Crippen LogP contribution in [0.1, 0.15) is 99.1 Å². The zero-order valence-corrected chi connectivity index (χ0v) is 30.6. The first-order valence-corrected chi connectivity index (χ1v) is 16.2. The second-order valence-electron chi connectivity index (χ2n) is 12.8. The number of carbonyl (C=O) groups is 4. The molecule has 0 aliphatic heterocycles. The van der Waals surface area contributed by atoms with Gasteiger partial charge in [-0.2, -0.15) is 0 Å². The quantitative estimate of drug-likeness (QED) is 0.257. The van der Waals surface area contributed by atoms with Crippen LogP contribution >= 0.6 is 11.6 Å². The fraction of sp³-hybridized carbons (Fsp3) is 0.474. The van der Waals surface area contributed by atoms with Crippen molar-refractivity contribution in [3.63, 3.8) is 0 Å². The third-order valence-corrected chi connectivity index (χ3v) is 7.32. The van der Waals surface area contributed by atoms with Crippen molar-refractivity contribution in [3.05, 3.63) is 81.0 Å². The monoisotopic (exact) mass is 672 g/mol. The second kappa shape index (κ2) is 21.2. The molecule has 47 heavy (non-hydrogen) atoms. The Morgan fingerprint density at radius 2 is 1.62 bits per heavy atom. The third kappa shape index (κ3) is 18.8. The number of halogens is 2. The van der Waals surface area contributed by atoms with Gasteiger partial charge in [0, 0.05) is 18.4 Å². The molecule has 2 aromatic rings. The van der Waals surface area contributed by atoms with Gasteiger partial charge in [0.1, 0.15) is 23.0 Å². The van der Waals surface area contributed by atoms with E-state index in [1.165, 1.54) is 29.0 Å². The molecule has 0 spiro atoms. The number of amides is 2. The second-order valence-corrected chi connectivity index (χ2v) is 13.2. The summed E-state index contributed by atoms with van der Waals surface area (Å²) >= 11 is 5.88. The predicted octanol–water partition coefficient (Wildman–Crippen LogP) is 7.52. The molecule has 0 radical (unpaired) electrons. The first-order chi connectivity index (χ1) is 21.7. The van der Waals surface area contributed by atoms with Gasteiger partial charge >= 0.3 is 6.09 Å². The minimum Gasteiger partial charge on any atom is -0.444 e. The Kier molecular flexibility index (Phi) is 19.5. The number of hydrogen-bond donors (Lipinski definition) is 2. The summed E-state index contributed by atoms with van der Waals surface area (Å²) < 4.78 is 18.3. The van der Waals surface area contributed by atoms with Crippen LogP contribution in [0.2, 0.25) is 5.02 Å². The Bertz CT molecular complexity index is 1500. The number of rotatable bonds is 11. The molecule has 0 fully saturated rings. The number of aryl methyl sites for hydroxylation is 1. The molecule has 1 unspecified atom stereocenters. The van der Waals surface area contributed by atoms with Gasteiger partial charge in [0.25, 0.3) is 0 Å². The SMILES string of the molecule is C=C(C)/C=c1/cc(C)cc/c1=C/C.CC(=O)CNC(=O)OC(C)(C)C.CCC(C)(CCCC(C)=O)C(=O)NCc1cccc(F)c1Cl. The van der Waals surface area contributed by atoms with E-state index in [1.54, 1.807) is 39.8 Å². The van der Waals surface area contributed by atoms with Gasteiger partial charge in [-0.15, -0.1) is 0 Å². The van der Waals surface area contributed by atoms with Crippen molar-refractivity contribution in [1.82, 2.24) is 10.6 Å². The van der Waals surface area contributed by atoms with E-state index in [-0.39, 0.29) is 35.6 Å². The molecule has 2 amide bonds. The summed E-state index contributed by atoms with van der Waals surface area (Å²) in [4.78, 5) is 44.7. The van der Waals surface area contributed by atoms with E-state index >= 15 is 0 Å². The van der Waals surface area contributed by atoms with Crippen molar-refractivity contribution in [2.45, 2.75) is 107 Å². The topological polar surface area (TPSA) is 102 Å². The summed E-state index contributed by atoms with van der Waals surface area (Å²) in [7, 11) is 0. The van der Waals surface area contributed by atoms with Crippen LogP contribution in [-0.2, 0) is 25.7 Å². The van der Waals surface area contributed by atoms with Crippen molar-refractivity contribution in [3.8, 4) is 0 Å². The Balaban J connectivity index is 0.000000725. The molecule has 0 heterocycles. The summed E-state index contributed by atoms with van der Waals surface area (Å²) in [5, 5.41) is 7.72. The smallest absolute Gasteiger partial charge is 0.408 e. The fourth-order valence-electron chi connectivity index (χ4n) is 4.11. The van der Waals surface area contributed by atoms with E-state index in [0.717, 1.165) is 5.57 Å². The van der Waals surface area contributed by atoms with E-state index in [0.29, 0.717) is 31.2 Å². The predicted molar refractivity (Wildman–Crippen MR) is 191 cm³/mol. The lowest BCUT2D eigenvalue weighted by Crippen LogP contribution is -2.38. The molecule has 260 valence electrons. The van der Waals surface area contributed by atoms with Gasteiger partial charge in [0.15, 0.2) is 0 Å². The Labute approximate surface area is 285 Å². The maximum Gasteiger partial charge on any atom is 0.408 e. The zero-order valence-electron chi connectivity index (χ0n) is 29.9. The molecule has 0 aliphatic rings. The number of benzene rings is 2. The van der Waals surface area contributed by atoms with E-state index in [1.807, 2.05) is 20.8 Å². The number of nitrogens with one attached hydrogen (secondary N) is 2. The van der Waals surface area contributed by atoms with Gasteiger partial charge in [0.2, 0.25) is 5.91 Å². The first-order valence-electron chi connectivity index (χ1n) is 15.8. The maximum absolute atomic E-state index is 13.4. The number of ketones is 2. The molecule has 2 rings (SSSR count). The van der Waals surface area contributed by atoms with Crippen molar-refractivity contribution < 1.29 is 28.3 Å². The number of carbonyl (C=O) groups excluding carboxylic acids is 4. The van der Waals surface area contributed by atoms with Crippen LogP contribution in [-0.4, -0.2) is 35.7 Å². The van der Waals surface area contributed by atoms with E-state index < -0.39 is 22.9 Å². The Morgan fingerprint density at radius 1 is 0.979 bits per heavy atom. The van der Waals surface area contributed by atoms with Crippen molar-refractivity contribution in [2.24, 2.45) is 5.41 Å². The van der Waals surface area contributed by atoms with Crippen LogP contribution in [0.4, 0.5) is 9.18 Å². The average molecular weight is 673 g/mol. The normalized spacial score (nSPS) is 12.8.